The van der Waals surface area contributed by atoms with Crippen molar-refractivity contribution in [3.63, 3.8) is 0 Å². The minimum Gasteiger partial charge on any atom is -0.506 e. The number of benzene rings is 1. The lowest BCUT2D eigenvalue weighted by Gasteiger charge is -2.34. The second-order valence-electron chi connectivity index (χ2n) is 4.74. The van der Waals surface area contributed by atoms with E-state index in [1.165, 1.54) is 0 Å². The molecule has 0 aliphatic carbocycles. The summed E-state index contributed by atoms with van der Waals surface area (Å²) >= 11 is 11.9. The van der Waals surface area contributed by atoms with Gasteiger partial charge in [0.15, 0.2) is 0 Å². The Morgan fingerprint density at radius 1 is 1.05 bits per heavy atom. The third-order valence-electron chi connectivity index (χ3n) is 3.38. The summed E-state index contributed by atoms with van der Waals surface area (Å²) < 4.78 is 0. The van der Waals surface area contributed by atoms with Gasteiger partial charge in [0.2, 0.25) is 0 Å². The van der Waals surface area contributed by atoms with E-state index in [2.05, 4.69) is 9.80 Å². The van der Waals surface area contributed by atoms with E-state index < -0.39 is 0 Å². The topological polar surface area (TPSA) is 46.9 Å². The standard InChI is InChI=1S/C13H18Cl2N2O2/c14-11-7-10(13(19)12(15)8-11)9-17-3-1-16(2-4-17)5-6-18/h7-8,18-19H,1-6,9H2. The highest BCUT2D eigenvalue weighted by Crippen LogP contribution is 2.32. The van der Waals surface area contributed by atoms with E-state index in [4.69, 9.17) is 28.3 Å². The Morgan fingerprint density at radius 3 is 2.32 bits per heavy atom. The van der Waals surface area contributed by atoms with Crippen LogP contribution in [0.1, 0.15) is 5.56 Å². The molecule has 1 aliphatic rings. The van der Waals surface area contributed by atoms with E-state index in [0.717, 1.165) is 38.3 Å². The molecule has 0 radical (unpaired) electrons. The molecule has 106 valence electrons. The zero-order chi connectivity index (χ0) is 13.8. The first kappa shape index (κ1) is 14.9. The minimum atomic E-state index is 0.115. The van der Waals surface area contributed by atoms with Crippen LogP contribution >= 0.6 is 23.2 Å². The third-order valence-corrected chi connectivity index (χ3v) is 3.89. The molecule has 0 amide bonds. The number of phenolic OH excluding ortho intramolecular Hbond substituents is 1. The van der Waals surface area contributed by atoms with Crippen molar-refractivity contribution in [1.82, 2.24) is 9.80 Å². The van der Waals surface area contributed by atoms with Crippen LogP contribution in [0.25, 0.3) is 0 Å². The number of nitrogens with zero attached hydrogens (tertiary/aromatic N) is 2. The number of phenols is 1. The second-order valence-corrected chi connectivity index (χ2v) is 5.58. The van der Waals surface area contributed by atoms with Crippen molar-refractivity contribution in [3.05, 3.63) is 27.7 Å². The summed E-state index contributed by atoms with van der Waals surface area (Å²) in [4.78, 5) is 4.47. The maximum Gasteiger partial charge on any atom is 0.138 e. The molecule has 0 aromatic heterocycles. The van der Waals surface area contributed by atoms with Crippen LogP contribution in [0.5, 0.6) is 5.75 Å². The summed E-state index contributed by atoms with van der Waals surface area (Å²) in [6, 6.07) is 3.30. The maximum atomic E-state index is 9.93. The summed E-state index contributed by atoms with van der Waals surface area (Å²) in [5, 5.41) is 19.7. The van der Waals surface area contributed by atoms with Gasteiger partial charge in [0, 0.05) is 49.9 Å². The van der Waals surface area contributed by atoms with Crippen LogP contribution < -0.4 is 0 Å². The number of aliphatic hydroxyl groups excluding tert-OH is 1. The first-order valence-electron chi connectivity index (χ1n) is 6.32. The van der Waals surface area contributed by atoms with E-state index in [9.17, 15) is 5.11 Å². The van der Waals surface area contributed by atoms with Gasteiger partial charge in [-0.2, -0.15) is 0 Å². The average Bonchev–Trinajstić information content (AvgIpc) is 2.38. The van der Waals surface area contributed by atoms with Crippen LogP contribution in [0.2, 0.25) is 10.0 Å². The van der Waals surface area contributed by atoms with Crippen molar-refractivity contribution < 1.29 is 10.2 Å². The van der Waals surface area contributed by atoms with Crippen molar-refractivity contribution in [1.29, 1.82) is 0 Å². The Kier molecular flexibility index (Phi) is 5.30. The van der Waals surface area contributed by atoms with Gasteiger partial charge in [-0.3, -0.25) is 9.80 Å². The molecule has 0 spiro atoms. The average molecular weight is 305 g/mol. The predicted octanol–water partition coefficient (Wildman–Crippen LogP) is 1.81. The fourth-order valence-corrected chi connectivity index (χ4v) is 2.83. The molecular weight excluding hydrogens is 287 g/mol. The molecule has 1 aromatic carbocycles. The summed E-state index contributed by atoms with van der Waals surface area (Å²) in [5.41, 5.74) is 0.758. The Balaban J connectivity index is 1.96. The molecule has 2 rings (SSSR count). The second kappa shape index (κ2) is 6.77. The molecule has 1 aromatic rings. The fourth-order valence-electron chi connectivity index (χ4n) is 2.29. The van der Waals surface area contributed by atoms with Crippen molar-refractivity contribution in [2.45, 2.75) is 6.54 Å². The Bertz CT molecular complexity index is 435. The number of halogens is 2. The molecule has 6 heteroatoms. The quantitative estimate of drug-likeness (QED) is 0.891. The maximum absolute atomic E-state index is 9.93. The molecule has 0 unspecified atom stereocenters. The molecule has 0 saturated carbocycles. The molecule has 2 N–H and O–H groups in total. The Morgan fingerprint density at radius 2 is 1.68 bits per heavy atom. The zero-order valence-corrected chi connectivity index (χ0v) is 12.2. The zero-order valence-electron chi connectivity index (χ0n) is 10.6. The van der Waals surface area contributed by atoms with Gasteiger partial charge in [-0.25, -0.2) is 0 Å². The largest absolute Gasteiger partial charge is 0.506 e. The SMILES string of the molecule is OCCN1CCN(Cc2cc(Cl)cc(Cl)c2O)CC1. The molecule has 1 heterocycles. The smallest absolute Gasteiger partial charge is 0.138 e. The van der Waals surface area contributed by atoms with Gasteiger partial charge in [0.25, 0.3) is 0 Å². The molecule has 0 atom stereocenters. The number of β-amino-alcohol motifs (C(OH)–C–C–N with tert-alkyl or cyclic N) is 1. The number of aromatic hydroxyl groups is 1. The summed E-state index contributed by atoms with van der Waals surface area (Å²) in [6.07, 6.45) is 0. The lowest BCUT2D eigenvalue weighted by Crippen LogP contribution is -2.46. The summed E-state index contributed by atoms with van der Waals surface area (Å²) in [6.45, 7) is 5.23. The van der Waals surface area contributed by atoms with E-state index in [1.807, 2.05) is 0 Å². The van der Waals surface area contributed by atoms with Gasteiger partial charge in [-0.05, 0) is 12.1 Å². The van der Waals surface area contributed by atoms with Crippen LogP contribution in [0, 0.1) is 0 Å². The number of aliphatic hydroxyl groups is 1. The monoisotopic (exact) mass is 304 g/mol. The summed E-state index contributed by atoms with van der Waals surface area (Å²) in [7, 11) is 0. The van der Waals surface area contributed by atoms with Crippen molar-refractivity contribution in [2.24, 2.45) is 0 Å². The first-order chi connectivity index (χ1) is 9.10. The van der Waals surface area contributed by atoms with Crippen molar-refractivity contribution >= 4 is 23.2 Å². The highest BCUT2D eigenvalue weighted by atomic mass is 35.5. The number of hydrogen-bond acceptors (Lipinski definition) is 4. The van der Waals surface area contributed by atoms with E-state index in [-0.39, 0.29) is 12.4 Å². The van der Waals surface area contributed by atoms with Gasteiger partial charge < -0.3 is 10.2 Å². The van der Waals surface area contributed by atoms with E-state index >= 15 is 0 Å². The predicted molar refractivity (Wildman–Crippen MR) is 76.9 cm³/mol. The molecule has 19 heavy (non-hydrogen) atoms. The number of hydrogen-bond donors (Lipinski definition) is 2. The van der Waals surface area contributed by atoms with Crippen molar-refractivity contribution in [2.75, 3.05) is 39.3 Å². The third kappa shape index (κ3) is 3.97. The number of rotatable bonds is 4. The van der Waals surface area contributed by atoms with E-state index in [0.29, 0.717) is 16.6 Å². The van der Waals surface area contributed by atoms with Gasteiger partial charge in [-0.15, -0.1) is 0 Å². The van der Waals surface area contributed by atoms with Gasteiger partial charge in [-0.1, -0.05) is 23.2 Å². The summed E-state index contributed by atoms with van der Waals surface area (Å²) in [5.74, 6) is 0.115. The normalized spacial score (nSPS) is 17.8. The molecule has 4 nitrogen and oxygen atoms in total. The van der Waals surface area contributed by atoms with Crippen LogP contribution in [0.3, 0.4) is 0 Å². The fraction of sp³-hybridized carbons (Fsp3) is 0.538. The van der Waals surface area contributed by atoms with Crippen LogP contribution in [-0.2, 0) is 6.54 Å². The molecule has 1 fully saturated rings. The number of piperazine rings is 1. The van der Waals surface area contributed by atoms with Gasteiger partial charge in [0.1, 0.15) is 5.75 Å². The van der Waals surface area contributed by atoms with Gasteiger partial charge in [0.05, 0.1) is 11.6 Å². The van der Waals surface area contributed by atoms with Crippen LogP contribution in [0.15, 0.2) is 12.1 Å². The molecular formula is C13H18Cl2N2O2. The lowest BCUT2D eigenvalue weighted by atomic mass is 10.1. The first-order valence-corrected chi connectivity index (χ1v) is 7.08. The van der Waals surface area contributed by atoms with Crippen LogP contribution in [0.4, 0.5) is 0 Å². The molecule has 0 bridgehead atoms. The molecule has 1 saturated heterocycles. The Labute approximate surface area is 123 Å². The van der Waals surface area contributed by atoms with Crippen LogP contribution in [-0.4, -0.2) is 59.3 Å². The van der Waals surface area contributed by atoms with Gasteiger partial charge >= 0.3 is 0 Å². The highest BCUT2D eigenvalue weighted by molar-refractivity contribution is 6.35. The highest BCUT2D eigenvalue weighted by Gasteiger charge is 2.18. The Hall–Kier alpha value is -0.520. The molecule has 1 aliphatic heterocycles. The van der Waals surface area contributed by atoms with E-state index in [1.54, 1.807) is 12.1 Å². The lowest BCUT2D eigenvalue weighted by molar-refractivity contribution is 0.108. The van der Waals surface area contributed by atoms with Crippen molar-refractivity contribution in [3.8, 4) is 5.75 Å². The minimum absolute atomic E-state index is 0.115.